The van der Waals surface area contributed by atoms with Gasteiger partial charge in [0.1, 0.15) is 23.1 Å². The molecular formula is C29H34FNO5. The summed E-state index contributed by atoms with van der Waals surface area (Å²) in [6.07, 6.45) is 6.74. The minimum atomic E-state index is -1.50. The molecule has 4 rings (SSSR count). The van der Waals surface area contributed by atoms with Gasteiger partial charge in [-0.05, 0) is 68.7 Å². The molecule has 1 fully saturated rings. The topological polar surface area (TPSA) is 81.8 Å². The Hall–Kier alpha value is -3.35. The van der Waals surface area contributed by atoms with Crippen molar-refractivity contribution < 1.29 is 28.2 Å². The largest absolute Gasteiger partial charge is 0.493 e. The van der Waals surface area contributed by atoms with Gasteiger partial charge in [0.05, 0.1) is 12.3 Å². The third-order valence-corrected chi connectivity index (χ3v) is 7.05. The number of rotatable bonds is 10. The third kappa shape index (κ3) is 6.07. The molecule has 0 radical (unpaired) electrons. The SMILES string of the molecule is Cc1oc(C2(C)CCCCC2)nc1CCOc1ccc(CC(C)(Oc2ccc(F)cc2)C(=O)O)cc1. The Kier molecular flexibility index (Phi) is 7.67. The van der Waals surface area contributed by atoms with Gasteiger partial charge in [-0.3, -0.25) is 0 Å². The predicted octanol–water partition coefficient (Wildman–Crippen LogP) is 6.43. The van der Waals surface area contributed by atoms with Crippen LogP contribution in [-0.2, 0) is 23.1 Å². The summed E-state index contributed by atoms with van der Waals surface area (Å²) in [5.74, 6) is 1.18. The number of halogens is 1. The zero-order valence-corrected chi connectivity index (χ0v) is 21.2. The second-order valence-electron chi connectivity index (χ2n) is 10.2. The second-order valence-corrected chi connectivity index (χ2v) is 10.2. The summed E-state index contributed by atoms with van der Waals surface area (Å²) in [6.45, 7) is 6.17. The highest BCUT2D eigenvalue weighted by Gasteiger charge is 2.36. The summed E-state index contributed by atoms with van der Waals surface area (Å²) in [6, 6.07) is 12.6. The van der Waals surface area contributed by atoms with Gasteiger partial charge < -0.3 is 19.0 Å². The number of oxazole rings is 1. The van der Waals surface area contributed by atoms with Gasteiger partial charge in [-0.25, -0.2) is 14.2 Å². The van der Waals surface area contributed by atoms with Crippen LogP contribution in [0.4, 0.5) is 4.39 Å². The van der Waals surface area contributed by atoms with Gasteiger partial charge in [0.15, 0.2) is 0 Å². The van der Waals surface area contributed by atoms with Crippen LogP contribution in [0.2, 0.25) is 0 Å². The molecule has 1 N–H and O–H groups in total. The first-order chi connectivity index (χ1) is 17.2. The van der Waals surface area contributed by atoms with Gasteiger partial charge in [-0.2, -0.15) is 0 Å². The summed E-state index contributed by atoms with van der Waals surface area (Å²) in [5, 5.41) is 9.77. The van der Waals surface area contributed by atoms with Crippen LogP contribution in [0.3, 0.4) is 0 Å². The van der Waals surface area contributed by atoms with Gasteiger partial charge in [0, 0.05) is 18.3 Å². The van der Waals surface area contributed by atoms with Crippen molar-refractivity contribution in [1.29, 1.82) is 0 Å². The highest BCUT2D eigenvalue weighted by Crippen LogP contribution is 2.39. The average molecular weight is 496 g/mol. The summed E-state index contributed by atoms with van der Waals surface area (Å²) >= 11 is 0. The Balaban J connectivity index is 1.33. The Morgan fingerprint density at radius 1 is 1.08 bits per heavy atom. The number of ether oxygens (including phenoxy) is 2. The molecule has 0 saturated heterocycles. The standard InChI is InChI=1S/C29H34FNO5/c1-20-25(31-26(35-20)28(2)16-5-4-6-17-28)15-18-34-23-11-7-21(8-12-23)19-29(3,27(32)33)36-24-13-9-22(30)10-14-24/h7-14H,4-6,15-19H2,1-3H3,(H,32,33). The zero-order valence-electron chi connectivity index (χ0n) is 21.2. The predicted molar refractivity (Wildman–Crippen MR) is 134 cm³/mol. The molecule has 0 spiro atoms. The van der Waals surface area contributed by atoms with Crippen molar-refractivity contribution in [3.05, 3.63) is 77.3 Å². The molecule has 3 aromatic rings. The number of carboxylic acids is 1. The van der Waals surface area contributed by atoms with Gasteiger partial charge in [-0.1, -0.05) is 38.3 Å². The number of aliphatic carboxylic acids is 1. The van der Waals surface area contributed by atoms with Crippen LogP contribution in [0.5, 0.6) is 11.5 Å². The van der Waals surface area contributed by atoms with Crippen LogP contribution in [0.25, 0.3) is 0 Å². The van der Waals surface area contributed by atoms with E-state index >= 15 is 0 Å². The van der Waals surface area contributed by atoms with Crippen molar-refractivity contribution in [2.24, 2.45) is 0 Å². The van der Waals surface area contributed by atoms with E-state index in [2.05, 4.69) is 6.92 Å². The highest BCUT2D eigenvalue weighted by atomic mass is 19.1. The molecule has 192 valence electrons. The fourth-order valence-corrected chi connectivity index (χ4v) is 4.74. The van der Waals surface area contributed by atoms with E-state index in [1.807, 2.05) is 31.2 Å². The van der Waals surface area contributed by atoms with Crippen LogP contribution in [-0.4, -0.2) is 28.3 Å². The van der Waals surface area contributed by atoms with Crippen LogP contribution in [0.15, 0.2) is 52.9 Å². The Morgan fingerprint density at radius 2 is 1.72 bits per heavy atom. The van der Waals surface area contributed by atoms with Crippen molar-refractivity contribution >= 4 is 5.97 Å². The molecule has 1 unspecified atom stereocenters. The van der Waals surface area contributed by atoms with E-state index < -0.39 is 17.4 Å². The van der Waals surface area contributed by atoms with Crippen molar-refractivity contribution in [2.45, 2.75) is 76.7 Å². The van der Waals surface area contributed by atoms with E-state index in [1.165, 1.54) is 50.5 Å². The van der Waals surface area contributed by atoms with Gasteiger partial charge in [-0.15, -0.1) is 0 Å². The lowest BCUT2D eigenvalue weighted by molar-refractivity contribution is -0.153. The molecule has 1 aliphatic carbocycles. The molecule has 6 nitrogen and oxygen atoms in total. The lowest BCUT2D eigenvalue weighted by Crippen LogP contribution is -2.43. The minimum absolute atomic E-state index is 0.0306. The molecular weight excluding hydrogens is 461 g/mol. The Bertz CT molecular complexity index is 1170. The summed E-state index contributed by atoms with van der Waals surface area (Å²) < 4.78 is 30.9. The molecule has 7 heteroatoms. The molecule has 1 saturated carbocycles. The summed E-state index contributed by atoms with van der Waals surface area (Å²) in [5.41, 5.74) is 0.246. The smallest absolute Gasteiger partial charge is 0.348 e. The van der Waals surface area contributed by atoms with E-state index in [-0.39, 0.29) is 11.8 Å². The lowest BCUT2D eigenvalue weighted by Gasteiger charge is -2.30. The molecule has 1 aliphatic rings. The average Bonchev–Trinajstić information content (AvgIpc) is 3.23. The number of aryl methyl sites for hydroxylation is 1. The first-order valence-corrected chi connectivity index (χ1v) is 12.5. The van der Waals surface area contributed by atoms with Gasteiger partial charge >= 0.3 is 5.97 Å². The number of benzene rings is 2. The second kappa shape index (κ2) is 10.7. The number of carboxylic acid groups (broad SMARTS) is 1. The van der Waals surface area contributed by atoms with Gasteiger partial charge in [0.2, 0.25) is 11.5 Å². The maximum absolute atomic E-state index is 13.2. The fourth-order valence-electron chi connectivity index (χ4n) is 4.74. The fraction of sp³-hybridized carbons (Fsp3) is 0.448. The van der Waals surface area contributed by atoms with E-state index in [0.717, 1.165) is 35.7 Å². The number of aromatic nitrogens is 1. The third-order valence-electron chi connectivity index (χ3n) is 7.05. The molecule has 1 heterocycles. The number of hydrogen-bond acceptors (Lipinski definition) is 5. The first-order valence-electron chi connectivity index (χ1n) is 12.5. The maximum atomic E-state index is 13.2. The molecule has 2 aromatic carbocycles. The van der Waals surface area contributed by atoms with Crippen molar-refractivity contribution in [3.8, 4) is 11.5 Å². The van der Waals surface area contributed by atoms with E-state index in [4.69, 9.17) is 18.9 Å². The monoisotopic (exact) mass is 495 g/mol. The van der Waals surface area contributed by atoms with Crippen LogP contribution in [0, 0.1) is 12.7 Å². The van der Waals surface area contributed by atoms with Gasteiger partial charge in [0.25, 0.3) is 0 Å². The Morgan fingerprint density at radius 3 is 2.36 bits per heavy atom. The highest BCUT2D eigenvalue weighted by molar-refractivity contribution is 5.78. The van der Waals surface area contributed by atoms with E-state index in [0.29, 0.717) is 24.5 Å². The number of carbonyl (C=O) groups is 1. The van der Waals surface area contributed by atoms with E-state index in [9.17, 15) is 14.3 Å². The molecule has 0 aliphatic heterocycles. The quantitative estimate of drug-likeness (QED) is 0.349. The number of hydrogen-bond donors (Lipinski definition) is 1. The lowest BCUT2D eigenvalue weighted by atomic mass is 9.76. The van der Waals surface area contributed by atoms with E-state index in [1.54, 1.807) is 0 Å². The normalized spacial score (nSPS) is 16.8. The summed E-state index contributed by atoms with van der Waals surface area (Å²) in [7, 11) is 0. The maximum Gasteiger partial charge on any atom is 0.348 e. The van der Waals surface area contributed by atoms with Crippen molar-refractivity contribution in [2.75, 3.05) is 6.61 Å². The van der Waals surface area contributed by atoms with Crippen molar-refractivity contribution in [1.82, 2.24) is 4.98 Å². The molecule has 1 atom stereocenters. The minimum Gasteiger partial charge on any atom is -0.493 e. The Labute approximate surface area is 211 Å². The van der Waals surface area contributed by atoms with Crippen molar-refractivity contribution in [3.63, 3.8) is 0 Å². The summed E-state index contributed by atoms with van der Waals surface area (Å²) in [4.78, 5) is 16.8. The first kappa shape index (κ1) is 25.7. The molecule has 36 heavy (non-hydrogen) atoms. The van der Waals surface area contributed by atoms with Crippen LogP contribution >= 0.6 is 0 Å². The molecule has 1 aromatic heterocycles. The molecule has 0 amide bonds. The zero-order chi connectivity index (χ0) is 25.8. The molecule has 0 bridgehead atoms. The number of nitrogens with zero attached hydrogens (tertiary/aromatic N) is 1. The van der Waals surface area contributed by atoms with Crippen LogP contribution in [0.1, 0.15) is 68.9 Å². The van der Waals surface area contributed by atoms with Crippen LogP contribution < -0.4 is 9.47 Å².